The van der Waals surface area contributed by atoms with E-state index in [0.717, 1.165) is 19.3 Å². The zero-order valence-corrected chi connectivity index (χ0v) is 16.7. The molecule has 142 valence electrons. The molecule has 1 fully saturated rings. The summed E-state index contributed by atoms with van der Waals surface area (Å²) in [6.45, 7) is 4.54. The van der Waals surface area contributed by atoms with E-state index < -0.39 is 10.0 Å². The maximum atomic E-state index is 12.9. The molecule has 3 rings (SSSR count). The number of sulfonamides is 1. The van der Waals surface area contributed by atoms with Gasteiger partial charge in [-0.05, 0) is 50.6 Å². The van der Waals surface area contributed by atoms with Gasteiger partial charge in [0.05, 0.1) is 5.56 Å². The molecule has 0 radical (unpaired) electrons. The van der Waals surface area contributed by atoms with Crippen molar-refractivity contribution in [3.8, 4) is 0 Å². The molecule has 2 aromatic heterocycles. The Morgan fingerprint density at radius 1 is 1.38 bits per heavy atom. The number of nitrogens with one attached hydrogen (secondary N) is 1. The van der Waals surface area contributed by atoms with Crippen LogP contribution in [0.2, 0.25) is 0 Å². The lowest BCUT2D eigenvalue weighted by atomic mass is 10.0. The van der Waals surface area contributed by atoms with E-state index in [0.29, 0.717) is 40.8 Å². The van der Waals surface area contributed by atoms with Gasteiger partial charge in [-0.3, -0.25) is 4.79 Å². The molecular weight excluding hydrogens is 372 g/mol. The van der Waals surface area contributed by atoms with E-state index in [4.69, 9.17) is 4.42 Å². The lowest BCUT2D eigenvalue weighted by Gasteiger charge is -2.34. The molecule has 0 aliphatic carbocycles. The van der Waals surface area contributed by atoms with Crippen molar-refractivity contribution < 1.29 is 17.6 Å². The third kappa shape index (κ3) is 4.02. The molecule has 1 aliphatic rings. The van der Waals surface area contributed by atoms with E-state index >= 15 is 0 Å². The first-order valence-corrected chi connectivity index (χ1v) is 11.1. The molecule has 8 heteroatoms. The van der Waals surface area contributed by atoms with Crippen LogP contribution in [-0.4, -0.2) is 37.8 Å². The van der Waals surface area contributed by atoms with Crippen molar-refractivity contribution in [2.45, 2.75) is 49.8 Å². The number of rotatable bonds is 6. The van der Waals surface area contributed by atoms with Crippen molar-refractivity contribution in [3.63, 3.8) is 0 Å². The first-order valence-electron chi connectivity index (χ1n) is 8.80. The molecule has 6 nitrogen and oxygen atoms in total. The van der Waals surface area contributed by atoms with E-state index in [1.54, 1.807) is 41.7 Å². The van der Waals surface area contributed by atoms with Crippen LogP contribution >= 0.6 is 11.3 Å². The predicted molar refractivity (Wildman–Crippen MR) is 101 cm³/mol. The largest absolute Gasteiger partial charge is 0.466 e. The predicted octanol–water partition coefficient (Wildman–Crippen LogP) is 3.32. The lowest BCUT2D eigenvalue weighted by molar-refractivity contribution is 0.0948. The second kappa shape index (κ2) is 7.94. The van der Waals surface area contributed by atoms with E-state index in [1.807, 2.05) is 0 Å². The molecule has 0 bridgehead atoms. The number of piperidine rings is 1. The monoisotopic (exact) mass is 396 g/mol. The summed E-state index contributed by atoms with van der Waals surface area (Å²) in [5.74, 6) is 1.12. The number of aryl methyl sites for hydroxylation is 2. The average molecular weight is 397 g/mol. The number of amides is 1. The number of thiophene rings is 1. The summed E-state index contributed by atoms with van der Waals surface area (Å²) in [6.07, 6.45) is 3.31. The van der Waals surface area contributed by atoms with Crippen LogP contribution in [-0.2, 0) is 10.0 Å². The first kappa shape index (κ1) is 19.1. The maximum Gasteiger partial charge on any atom is 0.254 e. The summed E-state index contributed by atoms with van der Waals surface area (Å²) in [7, 11) is -3.45. The van der Waals surface area contributed by atoms with Crippen molar-refractivity contribution in [2.24, 2.45) is 0 Å². The van der Waals surface area contributed by atoms with Gasteiger partial charge in [-0.25, -0.2) is 8.42 Å². The third-order valence-electron chi connectivity index (χ3n) is 4.68. The first-order chi connectivity index (χ1) is 12.4. The van der Waals surface area contributed by atoms with Gasteiger partial charge in [0, 0.05) is 19.1 Å². The highest BCUT2D eigenvalue weighted by Crippen LogP contribution is 2.29. The Morgan fingerprint density at radius 2 is 2.19 bits per heavy atom. The fraction of sp³-hybridized carbons (Fsp3) is 0.500. The molecular formula is C18H24N2O4S2. The Hall–Kier alpha value is -1.64. The Kier molecular flexibility index (Phi) is 5.84. The highest BCUT2D eigenvalue weighted by atomic mass is 32.2. The molecule has 0 spiro atoms. The van der Waals surface area contributed by atoms with Crippen LogP contribution in [0.1, 0.15) is 47.6 Å². The van der Waals surface area contributed by atoms with Crippen molar-refractivity contribution in [1.82, 2.24) is 9.62 Å². The zero-order chi connectivity index (χ0) is 18.7. The van der Waals surface area contributed by atoms with Gasteiger partial charge in [-0.15, -0.1) is 11.3 Å². The lowest BCUT2D eigenvalue weighted by Crippen LogP contribution is -2.44. The van der Waals surface area contributed by atoms with Gasteiger partial charge < -0.3 is 9.73 Å². The number of hydrogen-bond donors (Lipinski definition) is 1. The topological polar surface area (TPSA) is 79.6 Å². The van der Waals surface area contributed by atoms with Crippen molar-refractivity contribution in [3.05, 3.63) is 40.7 Å². The summed E-state index contributed by atoms with van der Waals surface area (Å²) in [4.78, 5) is 12.3. The van der Waals surface area contributed by atoms with Gasteiger partial charge in [0.2, 0.25) is 0 Å². The van der Waals surface area contributed by atoms with Gasteiger partial charge in [0.25, 0.3) is 15.9 Å². The normalized spacial score (nSPS) is 18.8. The van der Waals surface area contributed by atoms with Crippen LogP contribution < -0.4 is 5.32 Å². The Morgan fingerprint density at radius 3 is 2.85 bits per heavy atom. The molecule has 1 atom stereocenters. The number of carbonyl (C=O) groups is 1. The minimum absolute atomic E-state index is 0.0802. The molecule has 1 aliphatic heterocycles. The fourth-order valence-electron chi connectivity index (χ4n) is 3.41. The third-order valence-corrected chi connectivity index (χ3v) is 8.00. The number of hydrogen-bond acceptors (Lipinski definition) is 5. The van der Waals surface area contributed by atoms with Crippen LogP contribution in [0.15, 0.2) is 32.2 Å². The summed E-state index contributed by atoms with van der Waals surface area (Å²) in [5, 5.41) is 4.67. The molecule has 0 aromatic carbocycles. The number of furan rings is 1. The van der Waals surface area contributed by atoms with Crippen LogP contribution in [0.4, 0.5) is 0 Å². The molecule has 1 N–H and O–H groups in total. The Bertz CT molecular complexity index is 856. The van der Waals surface area contributed by atoms with Gasteiger partial charge >= 0.3 is 0 Å². The maximum absolute atomic E-state index is 12.9. The van der Waals surface area contributed by atoms with Gasteiger partial charge in [-0.1, -0.05) is 12.5 Å². The van der Waals surface area contributed by atoms with E-state index in [9.17, 15) is 13.2 Å². The molecule has 0 saturated carbocycles. The summed E-state index contributed by atoms with van der Waals surface area (Å²) in [6, 6.07) is 5.05. The quantitative estimate of drug-likeness (QED) is 0.812. The standard InChI is InChI=1S/C18H24N2O4S2/c1-13-12-16(14(2)24-13)18(21)19-9-8-15-6-3-4-10-20(15)26(22,23)17-7-5-11-25-17/h5,7,11-12,15H,3-4,6,8-10H2,1-2H3,(H,19,21). The minimum Gasteiger partial charge on any atom is -0.466 e. The molecule has 2 aromatic rings. The average Bonchev–Trinajstić information content (AvgIpc) is 3.25. The van der Waals surface area contributed by atoms with Crippen LogP contribution in [0, 0.1) is 13.8 Å². The molecule has 1 unspecified atom stereocenters. The fourth-order valence-corrected chi connectivity index (χ4v) is 6.25. The van der Waals surface area contributed by atoms with Gasteiger partial charge in [0.1, 0.15) is 15.7 Å². The van der Waals surface area contributed by atoms with Gasteiger partial charge in [0.15, 0.2) is 0 Å². The summed E-state index contributed by atoms with van der Waals surface area (Å²) in [5.41, 5.74) is 0.536. The minimum atomic E-state index is -3.45. The Balaban J connectivity index is 1.62. The van der Waals surface area contributed by atoms with Crippen molar-refractivity contribution in [1.29, 1.82) is 0 Å². The van der Waals surface area contributed by atoms with Gasteiger partial charge in [-0.2, -0.15) is 4.31 Å². The van der Waals surface area contributed by atoms with Crippen molar-refractivity contribution >= 4 is 27.3 Å². The highest BCUT2D eigenvalue weighted by Gasteiger charge is 2.33. The second-order valence-corrected chi connectivity index (χ2v) is 9.63. The van der Waals surface area contributed by atoms with Crippen LogP contribution in [0.5, 0.6) is 0 Å². The zero-order valence-electron chi connectivity index (χ0n) is 15.0. The SMILES string of the molecule is Cc1cc(C(=O)NCCC2CCCCN2S(=O)(=O)c2cccs2)c(C)o1. The van der Waals surface area contributed by atoms with Crippen LogP contribution in [0.25, 0.3) is 0 Å². The molecule has 3 heterocycles. The Labute approximate surface area is 158 Å². The number of nitrogens with zero attached hydrogens (tertiary/aromatic N) is 1. The van der Waals surface area contributed by atoms with Crippen LogP contribution in [0.3, 0.4) is 0 Å². The smallest absolute Gasteiger partial charge is 0.254 e. The second-order valence-electron chi connectivity index (χ2n) is 6.57. The molecule has 1 saturated heterocycles. The van der Waals surface area contributed by atoms with E-state index in [-0.39, 0.29) is 11.9 Å². The number of carbonyl (C=O) groups excluding carboxylic acids is 1. The molecule has 1 amide bonds. The summed E-state index contributed by atoms with van der Waals surface area (Å²) >= 11 is 1.25. The van der Waals surface area contributed by atoms with E-state index in [1.165, 1.54) is 11.3 Å². The molecule has 26 heavy (non-hydrogen) atoms. The highest BCUT2D eigenvalue weighted by molar-refractivity contribution is 7.91. The van der Waals surface area contributed by atoms with Crippen molar-refractivity contribution in [2.75, 3.05) is 13.1 Å². The van der Waals surface area contributed by atoms with E-state index in [2.05, 4.69) is 5.32 Å². The summed E-state index contributed by atoms with van der Waals surface area (Å²) < 4.78 is 33.1.